The lowest BCUT2D eigenvalue weighted by atomic mass is 9.85. The van der Waals surface area contributed by atoms with Crippen LogP contribution in [0.15, 0.2) is 11.6 Å². The predicted octanol–water partition coefficient (Wildman–Crippen LogP) is 2.18. The molecule has 2 saturated carbocycles. The molecule has 0 aromatic rings. The lowest BCUT2D eigenvalue weighted by Crippen LogP contribution is -2.14. The fourth-order valence-corrected chi connectivity index (χ4v) is 2.81. The number of hydrogen-bond donors (Lipinski definition) is 0. The van der Waals surface area contributed by atoms with Gasteiger partial charge in [-0.3, -0.25) is 0 Å². The Labute approximate surface area is 67.5 Å². The van der Waals surface area contributed by atoms with Crippen molar-refractivity contribution in [2.45, 2.75) is 26.2 Å². The number of allylic oxidation sites excluding steroid dienone is 2. The lowest BCUT2D eigenvalue weighted by Gasteiger charge is -2.19. The maximum absolute atomic E-state index is 10.7. The molecule has 0 heterocycles. The Kier molecular flexibility index (Phi) is 1.59. The number of hydrogen-bond acceptors (Lipinski definition) is 1. The molecule has 0 aliphatic heterocycles. The Hall–Kier alpha value is -0.590. The molecule has 0 aromatic carbocycles. The molecule has 2 aliphatic rings. The van der Waals surface area contributed by atoms with Crippen LogP contribution in [0.25, 0.3) is 0 Å². The first-order valence-corrected chi connectivity index (χ1v) is 4.48. The van der Waals surface area contributed by atoms with Crippen LogP contribution < -0.4 is 0 Å². The molecular formula is C10H14O. The molecule has 2 bridgehead atoms. The van der Waals surface area contributed by atoms with E-state index in [-0.39, 0.29) is 0 Å². The van der Waals surface area contributed by atoms with E-state index in [1.807, 2.05) is 0 Å². The van der Waals surface area contributed by atoms with Crippen LogP contribution in [0.2, 0.25) is 0 Å². The Morgan fingerprint density at radius 3 is 2.82 bits per heavy atom. The van der Waals surface area contributed by atoms with E-state index in [2.05, 4.69) is 13.0 Å². The summed E-state index contributed by atoms with van der Waals surface area (Å²) in [5, 5.41) is 0. The van der Waals surface area contributed by atoms with Gasteiger partial charge in [-0.15, -0.1) is 0 Å². The van der Waals surface area contributed by atoms with Crippen molar-refractivity contribution in [2.75, 3.05) is 0 Å². The van der Waals surface area contributed by atoms with Gasteiger partial charge >= 0.3 is 0 Å². The Balaban J connectivity index is 2.27. The van der Waals surface area contributed by atoms with Gasteiger partial charge in [0.1, 0.15) is 6.29 Å². The molecule has 0 aromatic heterocycles. The molecule has 3 unspecified atom stereocenters. The van der Waals surface area contributed by atoms with E-state index < -0.39 is 0 Å². The van der Waals surface area contributed by atoms with Crippen LogP contribution in [-0.2, 0) is 4.79 Å². The minimum atomic E-state index is 0.291. The van der Waals surface area contributed by atoms with Crippen molar-refractivity contribution in [1.29, 1.82) is 0 Å². The summed E-state index contributed by atoms with van der Waals surface area (Å²) in [6, 6.07) is 0. The SMILES string of the molecule is CC=C1C2CCC(C2)C1C=O. The van der Waals surface area contributed by atoms with E-state index in [0.29, 0.717) is 11.8 Å². The van der Waals surface area contributed by atoms with Gasteiger partial charge < -0.3 is 4.79 Å². The van der Waals surface area contributed by atoms with Gasteiger partial charge in [-0.05, 0) is 38.0 Å². The summed E-state index contributed by atoms with van der Waals surface area (Å²) in [6.07, 6.45) is 7.20. The standard InChI is InChI=1S/C10H14O/c1-2-9-7-3-4-8(5-7)10(9)6-11/h2,6-8,10H,3-5H2,1H3. The van der Waals surface area contributed by atoms with Gasteiger partial charge in [0.05, 0.1) is 0 Å². The molecule has 1 heteroatoms. The molecule has 3 atom stereocenters. The van der Waals surface area contributed by atoms with Gasteiger partial charge in [-0.1, -0.05) is 11.6 Å². The first-order valence-electron chi connectivity index (χ1n) is 4.48. The largest absolute Gasteiger partial charge is 0.303 e. The van der Waals surface area contributed by atoms with Gasteiger partial charge in [0, 0.05) is 5.92 Å². The molecule has 1 nitrogen and oxygen atoms in total. The van der Waals surface area contributed by atoms with E-state index in [1.54, 1.807) is 0 Å². The number of aldehydes is 1. The highest BCUT2D eigenvalue weighted by Crippen LogP contribution is 2.50. The zero-order valence-corrected chi connectivity index (χ0v) is 6.92. The summed E-state index contributed by atoms with van der Waals surface area (Å²) in [5.41, 5.74) is 1.43. The van der Waals surface area contributed by atoms with Gasteiger partial charge in [0.25, 0.3) is 0 Å². The minimum absolute atomic E-state index is 0.291. The van der Waals surface area contributed by atoms with E-state index in [4.69, 9.17) is 0 Å². The highest BCUT2D eigenvalue weighted by Gasteiger charge is 2.42. The van der Waals surface area contributed by atoms with Crippen molar-refractivity contribution in [3.05, 3.63) is 11.6 Å². The van der Waals surface area contributed by atoms with Crippen LogP contribution in [0.3, 0.4) is 0 Å². The highest BCUT2D eigenvalue weighted by molar-refractivity contribution is 5.61. The van der Waals surface area contributed by atoms with Crippen LogP contribution in [0.1, 0.15) is 26.2 Å². The van der Waals surface area contributed by atoms with Crippen molar-refractivity contribution < 1.29 is 4.79 Å². The monoisotopic (exact) mass is 150 g/mol. The maximum atomic E-state index is 10.7. The molecule has 11 heavy (non-hydrogen) atoms. The van der Waals surface area contributed by atoms with E-state index >= 15 is 0 Å². The fourth-order valence-electron chi connectivity index (χ4n) is 2.81. The number of fused-ring (bicyclic) bond motifs is 2. The zero-order chi connectivity index (χ0) is 7.84. The smallest absolute Gasteiger partial charge is 0.127 e. The second kappa shape index (κ2) is 2.47. The summed E-state index contributed by atoms with van der Waals surface area (Å²) in [5.74, 6) is 1.75. The van der Waals surface area contributed by atoms with Gasteiger partial charge in [-0.2, -0.15) is 0 Å². The molecule has 0 spiro atoms. The fraction of sp³-hybridized carbons (Fsp3) is 0.700. The molecule has 2 aliphatic carbocycles. The molecule has 60 valence electrons. The summed E-state index contributed by atoms with van der Waals surface area (Å²) >= 11 is 0. The van der Waals surface area contributed by atoms with E-state index in [1.165, 1.54) is 24.8 Å². The normalized spacial score (nSPS) is 45.2. The van der Waals surface area contributed by atoms with Gasteiger partial charge in [-0.25, -0.2) is 0 Å². The van der Waals surface area contributed by atoms with Crippen molar-refractivity contribution in [1.82, 2.24) is 0 Å². The van der Waals surface area contributed by atoms with Gasteiger partial charge in [0.15, 0.2) is 0 Å². The second-order valence-electron chi connectivity index (χ2n) is 3.72. The van der Waals surface area contributed by atoms with Crippen LogP contribution in [0.4, 0.5) is 0 Å². The molecule has 2 fully saturated rings. The molecule has 0 radical (unpaired) electrons. The Morgan fingerprint density at radius 2 is 2.27 bits per heavy atom. The number of carbonyl (C=O) groups excluding carboxylic acids is 1. The van der Waals surface area contributed by atoms with Crippen LogP contribution in [0.5, 0.6) is 0 Å². The summed E-state index contributed by atoms with van der Waals surface area (Å²) in [4.78, 5) is 10.7. The maximum Gasteiger partial charge on any atom is 0.127 e. The van der Waals surface area contributed by atoms with Crippen LogP contribution >= 0.6 is 0 Å². The summed E-state index contributed by atoms with van der Waals surface area (Å²) < 4.78 is 0. The zero-order valence-electron chi connectivity index (χ0n) is 6.92. The predicted molar refractivity (Wildman–Crippen MR) is 44.1 cm³/mol. The quantitative estimate of drug-likeness (QED) is 0.413. The third-order valence-electron chi connectivity index (χ3n) is 3.32. The highest BCUT2D eigenvalue weighted by atomic mass is 16.1. The molecule has 0 amide bonds. The molecule has 2 rings (SSSR count). The Bertz CT molecular complexity index is 205. The van der Waals surface area contributed by atoms with Gasteiger partial charge in [0.2, 0.25) is 0 Å². The third-order valence-corrected chi connectivity index (χ3v) is 3.32. The third kappa shape index (κ3) is 0.867. The average molecular weight is 150 g/mol. The first kappa shape index (κ1) is 7.08. The summed E-state index contributed by atoms with van der Waals surface area (Å²) in [7, 11) is 0. The lowest BCUT2D eigenvalue weighted by molar-refractivity contribution is -0.111. The van der Waals surface area contributed by atoms with Crippen LogP contribution in [-0.4, -0.2) is 6.29 Å². The van der Waals surface area contributed by atoms with Crippen LogP contribution in [0, 0.1) is 17.8 Å². The number of rotatable bonds is 1. The molecule has 0 N–H and O–H groups in total. The Morgan fingerprint density at radius 1 is 1.45 bits per heavy atom. The summed E-state index contributed by atoms with van der Waals surface area (Å²) in [6.45, 7) is 2.06. The second-order valence-corrected chi connectivity index (χ2v) is 3.72. The van der Waals surface area contributed by atoms with Crippen molar-refractivity contribution in [3.8, 4) is 0 Å². The van der Waals surface area contributed by atoms with Crippen molar-refractivity contribution in [3.63, 3.8) is 0 Å². The minimum Gasteiger partial charge on any atom is -0.303 e. The van der Waals surface area contributed by atoms with E-state index in [9.17, 15) is 4.79 Å². The van der Waals surface area contributed by atoms with Crippen molar-refractivity contribution in [2.24, 2.45) is 17.8 Å². The van der Waals surface area contributed by atoms with E-state index in [0.717, 1.165) is 12.2 Å². The topological polar surface area (TPSA) is 17.1 Å². The average Bonchev–Trinajstić information content (AvgIpc) is 2.60. The van der Waals surface area contributed by atoms with Crippen molar-refractivity contribution >= 4 is 6.29 Å². The molecular weight excluding hydrogens is 136 g/mol. The first-order chi connectivity index (χ1) is 5.36. The molecule has 0 saturated heterocycles. The number of carbonyl (C=O) groups is 1.